The quantitative estimate of drug-likeness (QED) is 0.135. The van der Waals surface area contributed by atoms with E-state index in [2.05, 4.69) is 369 Å². The second-order valence-electron chi connectivity index (χ2n) is 30.1. The van der Waals surface area contributed by atoms with E-state index in [4.69, 9.17) is 0 Å². The molecule has 13 aromatic carbocycles. The molecule has 5 aliphatic rings. The fourth-order valence-electron chi connectivity index (χ4n) is 17.6. The van der Waals surface area contributed by atoms with Gasteiger partial charge in [0.25, 0.3) is 0 Å². The van der Waals surface area contributed by atoms with Gasteiger partial charge in [-0.2, -0.15) is 0 Å². The van der Waals surface area contributed by atoms with Crippen LogP contribution in [0.5, 0.6) is 0 Å². The van der Waals surface area contributed by atoms with Crippen molar-refractivity contribution in [1.82, 2.24) is 0 Å². The van der Waals surface area contributed by atoms with Crippen LogP contribution < -0.4 is 14.7 Å². The summed E-state index contributed by atoms with van der Waals surface area (Å²) >= 11 is 0. The molecule has 0 amide bonds. The summed E-state index contributed by atoms with van der Waals surface area (Å²) in [6, 6.07) is 108. The Morgan fingerprint density at radius 1 is 0.188 bits per heavy atom. The minimum atomic E-state index is -0.360. The molecule has 0 spiro atoms. The highest BCUT2D eigenvalue weighted by Gasteiger charge is 2.52. The normalized spacial score (nSPS) is 15.8. The molecule has 3 heterocycles. The van der Waals surface area contributed by atoms with Crippen LogP contribution >= 0.6 is 0 Å². The molecule has 3 heteroatoms. The molecule has 2 aliphatic carbocycles. The Labute approximate surface area is 566 Å². The van der Waals surface area contributed by atoms with Crippen LogP contribution in [-0.4, -0.2) is 0 Å². The third kappa shape index (κ3) is 8.38. The molecule has 0 saturated carbocycles. The van der Waals surface area contributed by atoms with Crippen molar-refractivity contribution >= 4 is 51.2 Å². The average molecular weight is 1240 g/mol. The van der Waals surface area contributed by atoms with Crippen molar-refractivity contribution in [2.45, 2.75) is 96.3 Å². The molecule has 0 atom stereocenters. The number of hydrogen-bond donors (Lipinski definition) is 0. The third-order valence-electron chi connectivity index (χ3n) is 23.0. The number of anilines is 9. The zero-order valence-electron chi connectivity index (χ0n) is 56.5. The highest BCUT2D eigenvalue weighted by molar-refractivity contribution is 6.01. The Morgan fingerprint density at radius 3 is 0.781 bits per heavy atom. The molecule has 0 aromatic heterocycles. The van der Waals surface area contributed by atoms with E-state index in [1.165, 1.54) is 139 Å². The molecular formula is C93H77N3. The van der Waals surface area contributed by atoms with Crippen LogP contribution in [0.4, 0.5) is 51.2 Å². The average Bonchev–Trinajstić information content (AvgIpc) is 0.848. The number of benzene rings is 13. The van der Waals surface area contributed by atoms with Gasteiger partial charge in [-0.1, -0.05) is 245 Å². The Balaban J connectivity index is 0.694. The van der Waals surface area contributed by atoms with Gasteiger partial charge < -0.3 is 14.7 Å². The molecule has 3 aliphatic heterocycles. The van der Waals surface area contributed by atoms with E-state index in [1.807, 2.05) is 0 Å². The number of para-hydroxylation sites is 3. The SMILES string of the molecule is CC1(C)c2ccccc2-c2ccc(-c3ccc(N(c4ccccc4)c4ccc(-c5cc6c7c(c5)C(C)(C)c5cc(-c8ccc(N(c9ccccc9)c9ccc(-c%10ccc%11c(c%10)C(C)(C)c%10ccccc%10-%11)cc9)cc8)cc8c5N7c5c(cccc5C8(C)C)C6(C)C)cc4)cc3)cc21. The van der Waals surface area contributed by atoms with E-state index in [0.29, 0.717) is 0 Å². The molecule has 0 unspecified atom stereocenters. The van der Waals surface area contributed by atoms with E-state index in [1.54, 1.807) is 0 Å². The van der Waals surface area contributed by atoms with Gasteiger partial charge in [-0.05, 0) is 232 Å². The third-order valence-corrected chi connectivity index (χ3v) is 23.0. The summed E-state index contributed by atoms with van der Waals surface area (Å²) in [6.45, 7) is 24.2. The van der Waals surface area contributed by atoms with E-state index < -0.39 is 0 Å². The van der Waals surface area contributed by atoms with Crippen LogP contribution in [0.2, 0.25) is 0 Å². The molecule has 0 radical (unpaired) electrons. The van der Waals surface area contributed by atoms with Gasteiger partial charge in [0.1, 0.15) is 0 Å². The van der Waals surface area contributed by atoms with Crippen LogP contribution in [0.15, 0.2) is 285 Å². The first-order valence-electron chi connectivity index (χ1n) is 34.3. The van der Waals surface area contributed by atoms with E-state index in [-0.39, 0.29) is 27.1 Å². The predicted octanol–water partition coefficient (Wildman–Crippen LogP) is 25.3. The smallest absolute Gasteiger partial charge is 0.0544 e. The van der Waals surface area contributed by atoms with Crippen molar-refractivity contribution in [2.24, 2.45) is 0 Å². The zero-order valence-corrected chi connectivity index (χ0v) is 56.5. The lowest BCUT2D eigenvalue weighted by molar-refractivity contribution is 0.567. The summed E-state index contributed by atoms with van der Waals surface area (Å²) in [4.78, 5) is 7.47. The van der Waals surface area contributed by atoms with Crippen molar-refractivity contribution < 1.29 is 0 Å². The standard InChI is InChI=1S/C93H77N3/c1-89(2)76-28-19-17-26-72(76)74-50-40-62(52-80(74)89)58-32-42-68(43-33-58)94(66-22-13-11-14-23-66)70-46-36-60(37-47-70)64-54-82-87-84(56-64)93(9,10)85-57-65(55-83-88(85)96(87)86-78(91(82,5)6)30-21-31-79(86)92(83,7)8)61-38-48-71(49-39-61)95(67-24-15-12-16-25-67)69-44-34-59(35-45-69)63-41-51-75-73-27-18-20-29-77(73)90(3,4)81(75)53-63/h11-57H,1-10H3. The van der Waals surface area contributed by atoms with Gasteiger partial charge in [-0.15, -0.1) is 0 Å². The highest BCUT2D eigenvalue weighted by Crippen LogP contribution is 2.67. The minimum Gasteiger partial charge on any atom is -0.311 e. The summed E-state index contributed by atoms with van der Waals surface area (Å²) in [5.74, 6) is 0. The van der Waals surface area contributed by atoms with Crippen molar-refractivity contribution in [3.63, 3.8) is 0 Å². The van der Waals surface area contributed by atoms with E-state index in [0.717, 1.165) is 34.1 Å². The fraction of sp³-hybridized carbons (Fsp3) is 0.161. The summed E-state index contributed by atoms with van der Waals surface area (Å²) in [5.41, 5.74) is 38.6. The Kier molecular flexibility index (Phi) is 12.4. The van der Waals surface area contributed by atoms with Gasteiger partial charge in [0.2, 0.25) is 0 Å². The van der Waals surface area contributed by atoms with Crippen molar-refractivity contribution in [3.05, 3.63) is 341 Å². The summed E-state index contributed by atoms with van der Waals surface area (Å²) in [7, 11) is 0. The van der Waals surface area contributed by atoms with E-state index in [9.17, 15) is 0 Å². The maximum atomic E-state index is 2.70. The molecule has 13 aromatic rings. The van der Waals surface area contributed by atoms with Gasteiger partial charge in [-0.3, -0.25) is 0 Å². The predicted molar refractivity (Wildman–Crippen MR) is 404 cm³/mol. The van der Waals surface area contributed by atoms with Crippen molar-refractivity contribution in [2.75, 3.05) is 14.7 Å². The van der Waals surface area contributed by atoms with E-state index >= 15 is 0 Å². The highest BCUT2D eigenvalue weighted by atomic mass is 15.2. The molecule has 464 valence electrons. The second kappa shape index (κ2) is 20.6. The Bertz CT molecular complexity index is 5010. The lowest BCUT2D eigenvalue weighted by Gasteiger charge is -2.55. The van der Waals surface area contributed by atoms with Gasteiger partial charge >= 0.3 is 0 Å². The number of fused-ring (bicyclic) bond motifs is 6. The summed E-state index contributed by atoms with van der Waals surface area (Å²) in [5, 5.41) is 0. The maximum absolute atomic E-state index is 2.70. The molecule has 0 bridgehead atoms. The molecule has 0 N–H and O–H groups in total. The topological polar surface area (TPSA) is 9.72 Å². The Morgan fingerprint density at radius 2 is 0.427 bits per heavy atom. The van der Waals surface area contributed by atoms with Crippen molar-refractivity contribution in [1.29, 1.82) is 0 Å². The summed E-state index contributed by atoms with van der Waals surface area (Å²) in [6.07, 6.45) is 0. The van der Waals surface area contributed by atoms with Gasteiger partial charge in [0.15, 0.2) is 0 Å². The molecule has 0 fully saturated rings. The number of rotatable bonds is 10. The molecular weight excluding hydrogens is 1160 g/mol. The van der Waals surface area contributed by atoms with Crippen LogP contribution in [-0.2, 0) is 27.1 Å². The maximum Gasteiger partial charge on any atom is 0.0544 e. The first-order valence-corrected chi connectivity index (χ1v) is 34.3. The van der Waals surface area contributed by atoms with Crippen LogP contribution in [0.1, 0.15) is 125 Å². The number of nitrogens with zero attached hydrogens (tertiary/aromatic N) is 3. The second-order valence-corrected chi connectivity index (χ2v) is 30.1. The van der Waals surface area contributed by atoms with Crippen LogP contribution in [0.25, 0.3) is 66.8 Å². The molecule has 96 heavy (non-hydrogen) atoms. The first kappa shape index (κ1) is 57.9. The van der Waals surface area contributed by atoms with Gasteiger partial charge in [0.05, 0.1) is 17.1 Å². The fourth-order valence-corrected chi connectivity index (χ4v) is 17.6. The minimum absolute atomic E-state index is 0.0577. The number of hydrogen-bond acceptors (Lipinski definition) is 3. The van der Waals surface area contributed by atoms with Crippen molar-refractivity contribution in [3.8, 4) is 66.8 Å². The van der Waals surface area contributed by atoms with Gasteiger partial charge in [0, 0.05) is 61.2 Å². The largest absolute Gasteiger partial charge is 0.311 e. The Hall–Kier alpha value is -10.7. The molecule has 0 saturated heterocycles. The van der Waals surface area contributed by atoms with Crippen LogP contribution in [0.3, 0.4) is 0 Å². The molecule has 18 rings (SSSR count). The monoisotopic (exact) mass is 1240 g/mol. The molecule has 3 nitrogen and oxygen atoms in total. The van der Waals surface area contributed by atoms with Crippen LogP contribution in [0, 0.1) is 0 Å². The first-order chi connectivity index (χ1) is 46.4. The van der Waals surface area contributed by atoms with Gasteiger partial charge in [-0.25, -0.2) is 0 Å². The summed E-state index contributed by atoms with van der Waals surface area (Å²) < 4.78 is 0. The lowest BCUT2D eigenvalue weighted by atomic mass is 9.60. The zero-order chi connectivity index (χ0) is 65.4. The lowest BCUT2D eigenvalue weighted by Crippen LogP contribution is -2.43.